The third kappa shape index (κ3) is 2.07. The van der Waals surface area contributed by atoms with Crippen LogP contribution in [0.15, 0.2) is 9.95 Å². The highest BCUT2D eigenvalue weighted by molar-refractivity contribution is 6.18. The van der Waals surface area contributed by atoms with E-state index in [-0.39, 0.29) is 5.56 Å². The molecular formula is C11H14ClN3O2. The van der Waals surface area contributed by atoms with E-state index in [0.717, 1.165) is 6.42 Å². The number of rotatable bonds is 2. The Balaban J connectivity index is 2.63. The third-order valence-corrected chi connectivity index (χ3v) is 3.18. The highest BCUT2D eigenvalue weighted by atomic mass is 35.5. The molecule has 6 heteroatoms. The number of hydrogen-bond donors (Lipinski definition) is 1. The van der Waals surface area contributed by atoms with E-state index < -0.39 is 0 Å². The maximum Gasteiger partial charge on any atom is 0.257 e. The van der Waals surface area contributed by atoms with E-state index in [1.54, 1.807) is 11.5 Å². The van der Waals surface area contributed by atoms with E-state index >= 15 is 0 Å². The minimum Gasteiger partial charge on any atom is -0.411 e. The zero-order valence-electron chi connectivity index (χ0n) is 9.61. The Morgan fingerprint density at radius 3 is 3.00 bits per heavy atom. The van der Waals surface area contributed by atoms with Gasteiger partial charge in [0.2, 0.25) is 0 Å². The largest absolute Gasteiger partial charge is 0.411 e. The van der Waals surface area contributed by atoms with Gasteiger partial charge in [-0.3, -0.25) is 9.36 Å². The minimum absolute atomic E-state index is 0.0611. The lowest BCUT2D eigenvalue weighted by atomic mass is 10.1. The smallest absolute Gasteiger partial charge is 0.257 e. The first-order chi connectivity index (χ1) is 8.19. The average Bonchev–Trinajstić information content (AvgIpc) is 2.34. The molecule has 0 atom stereocenters. The van der Waals surface area contributed by atoms with Crippen molar-refractivity contribution in [2.24, 2.45) is 5.16 Å². The summed E-state index contributed by atoms with van der Waals surface area (Å²) in [7, 11) is 0. The summed E-state index contributed by atoms with van der Waals surface area (Å²) in [5.41, 5.74) is 1.75. The van der Waals surface area contributed by atoms with Crippen molar-refractivity contribution in [1.82, 2.24) is 9.55 Å². The number of nitrogens with zero attached hydrogens (tertiary/aromatic N) is 3. The van der Waals surface area contributed by atoms with Gasteiger partial charge >= 0.3 is 0 Å². The van der Waals surface area contributed by atoms with Gasteiger partial charge in [-0.2, -0.15) is 0 Å². The average molecular weight is 256 g/mol. The molecule has 0 fully saturated rings. The maximum absolute atomic E-state index is 12.2. The lowest BCUT2D eigenvalue weighted by Gasteiger charge is -2.19. The Morgan fingerprint density at radius 2 is 2.35 bits per heavy atom. The van der Waals surface area contributed by atoms with E-state index in [0.29, 0.717) is 48.1 Å². The molecule has 2 rings (SSSR count). The van der Waals surface area contributed by atoms with Crippen LogP contribution in [0.3, 0.4) is 0 Å². The van der Waals surface area contributed by atoms with E-state index in [4.69, 9.17) is 16.8 Å². The lowest BCUT2D eigenvalue weighted by molar-refractivity contribution is 0.315. The van der Waals surface area contributed by atoms with Gasteiger partial charge in [-0.1, -0.05) is 5.16 Å². The van der Waals surface area contributed by atoms with Crippen LogP contribution in [0.4, 0.5) is 0 Å². The molecule has 0 radical (unpaired) electrons. The summed E-state index contributed by atoms with van der Waals surface area (Å²) in [6.07, 6.45) is 1.96. The molecule has 5 nitrogen and oxygen atoms in total. The van der Waals surface area contributed by atoms with E-state index in [1.165, 1.54) is 0 Å². The predicted octanol–water partition coefficient (Wildman–Crippen LogP) is 1.31. The normalized spacial score (nSPS) is 17.2. The molecule has 92 valence electrons. The third-order valence-electron chi connectivity index (χ3n) is 2.99. The fourth-order valence-corrected chi connectivity index (χ4v) is 2.31. The topological polar surface area (TPSA) is 67.5 Å². The minimum atomic E-state index is -0.0611. The molecule has 1 aromatic heterocycles. The number of oxime groups is 1. The van der Waals surface area contributed by atoms with Crippen molar-refractivity contribution in [3.8, 4) is 0 Å². The lowest BCUT2D eigenvalue weighted by Crippen LogP contribution is -2.35. The van der Waals surface area contributed by atoms with Crippen molar-refractivity contribution in [2.75, 3.05) is 5.88 Å². The fraction of sp³-hybridized carbons (Fsp3) is 0.545. The van der Waals surface area contributed by atoms with Gasteiger partial charge in [-0.05, 0) is 26.2 Å². The SMILES string of the molecule is Cc1nc2n(c(=O)c1CCCl)CCC/C2=N/O. The number of aromatic nitrogens is 2. The Labute approximate surface area is 104 Å². The van der Waals surface area contributed by atoms with Crippen LogP contribution in [-0.2, 0) is 13.0 Å². The quantitative estimate of drug-likeness (QED) is 0.492. The van der Waals surface area contributed by atoms with Gasteiger partial charge in [0.25, 0.3) is 5.56 Å². The zero-order chi connectivity index (χ0) is 12.4. The molecule has 0 saturated heterocycles. The molecule has 0 spiro atoms. The van der Waals surface area contributed by atoms with Crippen LogP contribution >= 0.6 is 11.6 Å². The van der Waals surface area contributed by atoms with Crippen LogP contribution in [0.5, 0.6) is 0 Å². The molecule has 0 aromatic carbocycles. The van der Waals surface area contributed by atoms with Crippen molar-refractivity contribution < 1.29 is 5.21 Å². The molecular weight excluding hydrogens is 242 g/mol. The van der Waals surface area contributed by atoms with Crippen LogP contribution in [0, 0.1) is 6.92 Å². The Kier molecular flexibility index (Phi) is 3.47. The van der Waals surface area contributed by atoms with E-state index in [2.05, 4.69) is 10.1 Å². The highest BCUT2D eigenvalue weighted by Crippen LogP contribution is 2.13. The van der Waals surface area contributed by atoms with Crippen molar-refractivity contribution >= 4 is 17.3 Å². The number of alkyl halides is 1. The van der Waals surface area contributed by atoms with Crippen LogP contribution in [0.2, 0.25) is 0 Å². The van der Waals surface area contributed by atoms with Gasteiger partial charge in [-0.25, -0.2) is 4.98 Å². The second-order valence-corrected chi connectivity index (χ2v) is 4.42. The summed E-state index contributed by atoms with van der Waals surface area (Å²) < 4.78 is 1.58. The molecule has 1 aliphatic rings. The van der Waals surface area contributed by atoms with Crippen molar-refractivity contribution in [2.45, 2.75) is 32.7 Å². The van der Waals surface area contributed by atoms with Gasteiger partial charge in [-0.15, -0.1) is 11.6 Å². The standard InChI is InChI=1S/C11H14ClN3O2/c1-7-8(4-5-12)11(16)15-6-2-3-9(14-17)10(15)13-7/h17H,2-6H2,1H3/b14-9-. The van der Waals surface area contributed by atoms with Crippen LogP contribution in [0.25, 0.3) is 0 Å². The van der Waals surface area contributed by atoms with Crippen LogP contribution in [0.1, 0.15) is 29.9 Å². The van der Waals surface area contributed by atoms with Gasteiger partial charge < -0.3 is 5.21 Å². The second kappa shape index (κ2) is 4.87. The molecule has 17 heavy (non-hydrogen) atoms. The first-order valence-electron chi connectivity index (χ1n) is 5.56. The first kappa shape index (κ1) is 12.1. The molecule has 2 heterocycles. The highest BCUT2D eigenvalue weighted by Gasteiger charge is 2.21. The molecule has 0 amide bonds. The molecule has 1 N–H and O–H groups in total. The van der Waals surface area contributed by atoms with E-state index in [9.17, 15) is 4.79 Å². The number of fused-ring (bicyclic) bond motifs is 1. The molecule has 0 bridgehead atoms. The fourth-order valence-electron chi connectivity index (χ4n) is 2.12. The molecule has 0 aliphatic carbocycles. The number of hydrogen-bond acceptors (Lipinski definition) is 4. The summed E-state index contributed by atoms with van der Waals surface area (Å²) in [6, 6.07) is 0. The summed E-state index contributed by atoms with van der Waals surface area (Å²) >= 11 is 5.68. The summed E-state index contributed by atoms with van der Waals surface area (Å²) in [6.45, 7) is 2.41. The Hall–Kier alpha value is -1.36. The maximum atomic E-state index is 12.2. The van der Waals surface area contributed by atoms with Gasteiger partial charge in [0.15, 0.2) is 5.82 Å². The molecule has 0 saturated carbocycles. The summed E-state index contributed by atoms with van der Waals surface area (Å²) in [5, 5.41) is 12.1. The monoisotopic (exact) mass is 255 g/mol. The predicted molar refractivity (Wildman–Crippen MR) is 65.2 cm³/mol. The first-order valence-corrected chi connectivity index (χ1v) is 6.10. The summed E-state index contributed by atoms with van der Waals surface area (Å²) in [4.78, 5) is 16.6. The van der Waals surface area contributed by atoms with Gasteiger partial charge in [0, 0.05) is 23.7 Å². The van der Waals surface area contributed by atoms with Crippen molar-refractivity contribution in [1.29, 1.82) is 0 Å². The Morgan fingerprint density at radius 1 is 1.59 bits per heavy atom. The second-order valence-electron chi connectivity index (χ2n) is 4.05. The number of halogens is 1. The molecule has 1 aliphatic heterocycles. The zero-order valence-corrected chi connectivity index (χ0v) is 10.4. The molecule has 0 unspecified atom stereocenters. The van der Waals surface area contributed by atoms with Gasteiger partial charge in [0.1, 0.15) is 5.71 Å². The summed E-state index contributed by atoms with van der Waals surface area (Å²) in [5.74, 6) is 0.887. The van der Waals surface area contributed by atoms with Crippen LogP contribution < -0.4 is 5.56 Å². The van der Waals surface area contributed by atoms with E-state index in [1.807, 2.05) is 0 Å². The van der Waals surface area contributed by atoms with Gasteiger partial charge in [0.05, 0.1) is 0 Å². The van der Waals surface area contributed by atoms with Crippen LogP contribution in [-0.4, -0.2) is 26.4 Å². The van der Waals surface area contributed by atoms with Crippen molar-refractivity contribution in [3.63, 3.8) is 0 Å². The Bertz CT molecular complexity index is 522. The molecule has 1 aromatic rings. The van der Waals surface area contributed by atoms with Crippen molar-refractivity contribution in [3.05, 3.63) is 27.4 Å². The number of aryl methyl sites for hydroxylation is 1.